The number of nitrogens with two attached hydrogens (primary N) is 1. The lowest BCUT2D eigenvalue weighted by atomic mass is 10.1. The first-order chi connectivity index (χ1) is 7.24. The molecule has 1 aliphatic heterocycles. The second-order valence-electron chi connectivity index (χ2n) is 3.67. The highest BCUT2D eigenvalue weighted by Crippen LogP contribution is 2.34. The molecule has 0 atom stereocenters. The Morgan fingerprint density at radius 1 is 1.33 bits per heavy atom. The molecule has 1 aromatic rings. The van der Waals surface area contributed by atoms with E-state index in [1.165, 1.54) is 12.8 Å². The van der Waals surface area contributed by atoms with Gasteiger partial charge in [0.05, 0.1) is 22.0 Å². The van der Waals surface area contributed by atoms with Crippen molar-refractivity contribution in [1.29, 1.82) is 5.26 Å². The molecule has 3 nitrogen and oxygen atoms in total. The fourth-order valence-corrected chi connectivity index (χ4v) is 2.23. The third-order valence-corrected chi connectivity index (χ3v) is 3.09. The maximum atomic E-state index is 8.93. The Bertz CT molecular complexity index is 417. The zero-order valence-corrected chi connectivity index (χ0v) is 9.09. The van der Waals surface area contributed by atoms with Gasteiger partial charge < -0.3 is 10.6 Å². The fourth-order valence-electron chi connectivity index (χ4n) is 1.90. The van der Waals surface area contributed by atoms with Crippen molar-refractivity contribution < 1.29 is 0 Å². The maximum Gasteiger partial charge on any atom is 0.103 e. The van der Waals surface area contributed by atoms with Gasteiger partial charge in [0.25, 0.3) is 0 Å². The number of halogens is 1. The van der Waals surface area contributed by atoms with E-state index < -0.39 is 0 Å². The summed E-state index contributed by atoms with van der Waals surface area (Å²) in [4.78, 5) is 2.20. The molecule has 0 bridgehead atoms. The van der Waals surface area contributed by atoms with Crippen molar-refractivity contribution in [3.8, 4) is 6.07 Å². The lowest BCUT2D eigenvalue weighted by molar-refractivity contribution is 0.949. The summed E-state index contributed by atoms with van der Waals surface area (Å²) in [5.74, 6) is 0. The Kier molecular flexibility index (Phi) is 2.70. The van der Waals surface area contributed by atoms with Gasteiger partial charge in [-0.15, -0.1) is 0 Å². The molecule has 0 amide bonds. The largest absolute Gasteiger partial charge is 0.398 e. The number of hydrogen-bond acceptors (Lipinski definition) is 3. The molecular formula is C11H12ClN3. The number of nitriles is 1. The van der Waals surface area contributed by atoms with Gasteiger partial charge in [0, 0.05) is 13.1 Å². The average molecular weight is 222 g/mol. The molecule has 0 aliphatic carbocycles. The molecule has 78 valence electrons. The van der Waals surface area contributed by atoms with Gasteiger partial charge in [0.2, 0.25) is 0 Å². The summed E-state index contributed by atoms with van der Waals surface area (Å²) < 4.78 is 0. The van der Waals surface area contributed by atoms with Crippen molar-refractivity contribution in [3.63, 3.8) is 0 Å². The molecule has 0 spiro atoms. The molecule has 15 heavy (non-hydrogen) atoms. The van der Waals surface area contributed by atoms with Crippen molar-refractivity contribution in [1.82, 2.24) is 0 Å². The van der Waals surface area contributed by atoms with Crippen LogP contribution >= 0.6 is 11.6 Å². The SMILES string of the molecule is N#Cc1c(N)ccc(N2CCCC2)c1Cl. The minimum Gasteiger partial charge on any atom is -0.398 e. The van der Waals surface area contributed by atoms with Crippen LogP contribution in [0.1, 0.15) is 18.4 Å². The van der Waals surface area contributed by atoms with Gasteiger partial charge in [-0.05, 0) is 25.0 Å². The van der Waals surface area contributed by atoms with Crippen LogP contribution in [0.5, 0.6) is 0 Å². The molecule has 1 aliphatic rings. The third kappa shape index (κ3) is 1.73. The van der Waals surface area contributed by atoms with Crippen molar-refractivity contribution >= 4 is 23.0 Å². The van der Waals surface area contributed by atoms with E-state index in [9.17, 15) is 0 Å². The van der Waals surface area contributed by atoms with Crippen molar-refractivity contribution in [2.75, 3.05) is 23.7 Å². The van der Waals surface area contributed by atoms with E-state index in [0.29, 0.717) is 16.3 Å². The van der Waals surface area contributed by atoms with Gasteiger partial charge in [-0.3, -0.25) is 0 Å². The molecule has 0 aromatic heterocycles. The quantitative estimate of drug-likeness (QED) is 0.741. The monoisotopic (exact) mass is 221 g/mol. The summed E-state index contributed by atoms with van der Waals surface area (Å²) in [5, 5.41) is 9.42. The third-order valence-electron chi connectivity index (χ3n) is 2.71. The fraction of sp³-hybridized carbons (Fsp3) is 0.364. The lowest BCUT2D eigenvalue weighted by Crippen LogP contribution is -2.18. The van der Waals surface area contributed by atoms with Crippen LogP contribution in [0.15, 0.2) is 12.1 Å². The molecule has 1 heterocycles. The van der Waals surface area contributed by atoms with E-state index in [2.05, 4.69) is 4.90 Å². The molecule has 4 heteroatoms. The Labute approximate surface area is 94.0 Å². The molecule has 1 aromatic carbocycles. The first kappa shape index (κ1) is 10.1. The van der Waals surface area contributed by atoms with E-state index in [1.807, 2.05) is 12.1 Å². The Hall–Kier alpha value is -1.40. The number of hydrogen-bond donors (Lipinski definition) is 1. The molecule has 0 saturated carbocycles. The summed E-state index contributed by atoms with van der Waals surface area (Å²) in [6, 6.07) is 5.68. The lowest BCUT2D eigenvalue weighted by Gasteiger charge is -2.19. The van der Waals surface area contributed by atoms with E-state index in [1.54, 1.807) is 6.07 Å². The van der Waals surface area contributed by atoms with Gasteiger partial charge in [0.15, 0.2) is 0 Å². The molecule has 1 saturated heterocycles. The highest BCUT2D eigenvalue weighted by atomic mass is 35.5. The van der Waals surface area contributed by atoms with Gasteiger partial charge in [-0.25, -0.2) is 0 Å². The predicted molar refractivity (Wildman–Crippen MR) is 62.0 cm³/mol. The molecular weight excluding hydrogens is 210 g/mol. The first-order valence-corrected chi connectivity index (χ1v) is 5.35. The van der Waals surface area contributed by atoms with Crippen LogP contribution in [0.25, 0.3) is 0 Å². The highest BCUT2D eigenvalue weighted by molar-refractivity contribution is 6.34. The summed E-state index contributed by atoms with van der Waals surface area (Å²) in [7, 11) is 0. The van der Waals surface area contributed by atoms with Crippen LogP contribution in [0, 0.1) is 11.3 Å². The summed E-state index contributed by atoms with van der Waals surface area (Å²) >= 11 is 6.15. The van der Waals surface area contributed by atoms with Gasteiger partial charge >= 0.3 is 0 Å². The van der Waals surface area contributed by atoms with Gasteiger partial charge in [0.1, 0.15) is 6.07 Å². The van der Waals surface area contributed by atoms with Crippen LogP contribution in [-0.4, -0.2) is 13.1 Å². The maximum absolute atomic E-state index is 8.93. The second-order valence-corrected chi connectivity index (χ2v) is 4.05. The zero-order valence-electron chi connectivity index (χ0n) is 8.33. The number of nitrogens with zero attached hydrogens (tertiary/aromatic N) is 2. The number of rotatable bonds is 1. The van der Waals surface area contributed by atoms with Crippen molar-refractivity contribution in [2.45, 2.75) is 12.8 Å². The second kappa shape index (κ2) is 4.00. The molecule has 0 unspecified atom stereocenters. The first-order valence-electron chi connectivity index (χ1n) is 4.97. The highest BCUT2D eigenvalue weighted by Gasteiger charge is 2.18. The standard InChI is InChI=1S/C11H12ClN3/c12-11-8(7-13)9(14)3-4-10(11)15-5-1-2-6-15/h3-4H,1-2,5-6,14H2. The van der Waals surface area contributed by atoms with Gasteiger partial charge in [-0.2, -0.15) is 5.26 Å². The summed E-state index contributed by atoms with van der Waals surface area (Å²) in [5.41, 5.74) is 7.44. The van der Waals surface area contributed by atoms with Crippen LogP contribution in [-0.2, 0) is 0 Å². The van der Waals surface area contributed by atoms with E-state index in [0.717, 1.165) is 18.8 Å². The summed E-state index contributed by atoms with van der Waals surface area (Å²) in [6.45, 7) is 2.02. The van der Waals surface area contributed by atoms with Gasteiger partial charge in [-0.1, -0.05) is 11.6 Å². The van der Waals surface area contributed by atoms with Crippen LogP contribution < -0.4 is 10.6 Å². The number of nitrogen functional groups attached to an aromatic ring is 1. The van der Waals surface area contributed by atoms with Crippen LogP contribution in [0.4, 0.5) is 11.4 Å². The van der Waals surface area contributed by atoms with Crippen molar-refractivity contribution in [3.05, 3.63) is 22.7 Å². The molecule has 0 radical (unpaired) electrons. The Balaban J connectivity index is 2.45. The predicted octanol–water partition coefficient (Wildman–Crippen LogP) is 2.39. The minimum absolute atomic E-state index is 0.390. The molecule has 1 fully saturated rings. The zero-order chi connectivity index (χ0) is 10.8. The minimum atomic E-state index is 0.390. The molecule has 2 N–H and O–H groups in total. The van der Waals surface area contributed by atoms with Crippen LogP contribution in [0.3, 0.4) is 0 Å². The van der Waals surface area contributed by atoms with E-state index in [4.69, 9.17) is 22.6 Å². The normalized spacial score (nSPS) is 15.3. The smallest absolute Gasteiger partial charge is 0.103 e. The van der Waals surface area contributed by atoms with Crippen LogP contribution in [0.2, 0.25) is 5.02 Å². The van der Waals surface area contributed by atoms with Crippen molar-refractivity contribution in [2.24, 2.45) is 0 Å². The average Bonchev–Trinajstić information content (AvgIpc) is 2.71. The van der Waals surface area contributed by atoms with E-state index in [-0.39, 0.29) is 0 Å². The molecule has 2 rings (SSSR count). The Morgan fingerprint density at radius 3 is 2.60 bits per heavy atom. The Morgan fingerprint density at radius 2 is 2.00 bits per heavy atom. The number of anilines is 2. The summed E-state index contributed by atoms with van der Waals surface area (Å²) in [6.07, 6.45) is 2.37. The topological polar surface area (TPSA) is 53.1 Å². The number of benzene rings is 1. The van der Waals surface area contributed by atoms with E-state index >= 15 is 0 Å².